The Hall–Kier alpha value is -1.91. The van der Waals surface area contributed by atoms with E-state index < -0.39 is 43.0 Å². The first-order valence-electron chi connectivity index (χ1n) is 10.0. The van der Waals surface area contributed by atoms with Crippen LogP contribution in [0.4, 0.5) is 4.39 Å². The number of fused-ring (bicyclic) bond motifs is 1. The van der Waals surface area contributed by atoms with Crippen molar-refractivity contribution in [3.8, 4) is 11.5 Å². The number of aromatic nitrogens is 2. The normalized spacial score (nSPS) is 29.3. The fraction of sp³-hybridized carbons (Fsp3) is 0.474. The number of nitrogens with one attached hydrogen (secondary N) is 1. The summed E-state index contributed by atoms with van der Waals surface area (Å²) < 4.78 is 55.5. The first kappa shape index (κ1) is 24.2. The van der Waals surface area contributed by atoms with Crippen molar-refractivity contribution in [2.45, 2.75) is 38.2 Å². The molecule has 1 N–H and O–H groups in total. The number of ether oxygens (including phenoxy) is 2. The number of phosphoric ester groups is 1. The number of methoxy groups -OCH3 is 1. The fourth-order valence-electron chi connectivity index (χ4n) is 3.94. The van der Waals surface area contributed by atoms with Gasteiger partial charge in [0.2, 0.25) is 0 Å². The summed E-state index contributed by atoms with van der Waals surface area (Å²) in [6, 6.07) is 5.08. The molecule has 0 amide bonds. The molecule has 1 aromatic heterocycles. The van der Waals surface area contributed by atoms with Crippen LogP contribution in [0.2, 0.25) is 0 Å². The van der Waals surface area contributed by atoms with E-state index in [-0.39, 0.29) is 22.9 Å². The number of H-pyrrole nitrogens is 1. The van der Waals surface area contributed by atoms with E-state index >= 15 is 0 Å². The van der Waals surface area contributed by atoms with Crippen LogP contribution in [0.1, 0.15) is 25.6 Å². The lowest BCUT2D eigenvalue weighted by molar-refractivity contribution is -0.0630. The fourth-order valence-corrected chi connectivity index (χ4v) is 5.44. The van der Waals surface area contributed by atoms with Crippen LogP contribution in [-0.4, -0.2) is 43.9 Å². The highest BCUT2D eigenvalue weighted by atomic mass is 32.1. The lowest BCUT2D eigenvalue weighted by Gasteiger charge is -2.38. The number of aromatic amines is 1. The van der Waals surface area contributed by atoms with Crippen LogP contribution in [0.25, 0.3) is 0 Å². The largest absolute Gasteiger partial charge is 0.529 e. The van der Waals surface area contributed by atoms with Gasteiger partial charge in [0.25, 0.3) is 0 Å². The quantitative estimate of drug-likeness (QED) is 0.387. The lowest BCUT2D eigenvalue weighted by Crippen LogP contribution is -2.49. The Balaban J connectivity index is 1.59. The average molecular weight is 492 g/mol. The Kier molecular flexibility index (Phi) is 6.39. The third kappa shape index (κ3) is 4.44. The summed E-state index contributed by atoms with van der Waals surface area (Å²) >= 11 is 4.75. The van der Waals surface area contributed by atoms with E-state index in [4.69, 9.17) is 51.0 Å². The standard InChI is InChI=1S/C19H20B2FN2O7PS/c1-9-10(2)17(24-7-12(22)16(33)23-18(24)25)29-15(9)19(20,21)31-32(26)28-8-11-5-4-6-13(27-3)14(11)30-32/h4-7,9-10,15,17H,8H2,1-3H3,(H,23,25,33). The maximum Gasteiger partial charge on any atom is 0.529 e. The van der Waals surface area contributed by atoms with E-state index in [2.05, 4.69) is 4.98 Å². The maximum absolute atomic E-state index is 14.0. The SMILES string of the molecule is [B]C([B])(OP1(=O)OCc2cccc(OC)c2O1)C1OC(n2cc(F)c(=S)[nH]c2=O)C(C)C1C. The second-order valence-corrected chi connectivity index (χ2v) is 9.94. The molecule has 0 saturated carbocycles. The molecule has 4 radical (unpaired) electrons. The molecule has 1 fully saturated rings. The molecule has 2 aliphatic rings. The average Bonchev–Trinajstić information content (AvgIpc) is 3.05. The van der Waals surface area contributed by atoms with Gasteiger partial charge in [-0.3, -0.25) is 18.6 Å². The maximum atomic E-state index is 14.0. The summed E-state index contributed by atoms with van der Waals surface area (Å²) in [5.74, 6) is -1.02. The first-order valence-corrected chi connectivity index (χ1v) is 11.9. The van der Waals surface area contributed by atoms with Crippen molar-refractivity contribution < 1.29 is 32.0 Å². The van der Waals surface area contributed by atoms with Crippen molar-refractivity contribution in [2.75, 3.05) is 7.11 Å². The Labute approximate surface area is 197 Å². The number of halogens is 1. The summed E-state index contributed by atoms with van der Waals surface area (Å²) in [5.41, 5.74) is -0.0619. The van der Waals surface area contributed by atoms with Crippen LogP contribution < -0.4 is 15.0 Å². The molecule has 3 heterocycles. The third-order valence-electron chi connectivity index (χ3n) is 5.82. The van der Waals surface area contributed by atoms with Gasteiger partial charge in [-0.25, -0.2) is 13.8 Å². The van der Waals surface area contributed by atoms with Gasteiger partial charge in [0.1, 0.15) is 26.6 Å². The molecular formula is C19H20B2FN2O7PS. The van der Waals surface area contributed by atoms with Gasteiger partial charge in [0, 0.05) is 16.9 Å². The van der Waals surface area contributed by atoms with E-state index in [0.717, 1.165) is 10.8 Å². The topological polar surface area (TPSA) is 101 Å². The highest BCUT2D eigenvalue weighted by molar-refractivity contribution is 7.71. The molecule has 1 aromatic carbocycles. The van der Waals surface area contributed by atoms with Gasteiger partial charge in [0.05, 0.1) is 26.0 Å². The minimum absolute atomic E-state index is 0.0854. The molecule has 14 heteroatoms. The zero-order valence-corrected chi connectivity index (χ0v) is 19.7. The van der Waals surface area contributed by atoms with Gasteiger partial charge in [-0.05, 0) is 12.0 Å². The molecule has 0 spiro atoms. The summed E-state index contributed by atoms with van der Waals surface area (Å²) in [6.45, 7) is 3.45. The molecule has 172 valence electrons. The summed E-state index contributed by atoms with van der Waals surface area (Å²) in [4.78, 5) is 14.6. The Morgan fingerprint density at radius 3 is 2.76 bits per heavy atom. The Morgan fingerprint density at radius 2 is 2.06 bits per heavy atom. The number of para-hydroxylation sites is 1. The van der Waals surface area contributed by atoms with Crippen molar-refractivity contribution in [1.29, 1.82) is 0 Å². The number of hydrogen-bond acceptors (Lipinski definition) is 8. The van der Waals surface area contributed by atoms with Crippen LogP contribution in [0, 0.1) is 22.3 Å². The summed E-state index contributed by atoms with van der Waals surface area (Å²) in [7, 11) is 9.55. The second kappa shape index (κ2) is 8.70. The minimum Gasteiger partial charge on any atom is -0.493 e. The van der Waals surface area contributed by atoms with Crippen molar-refractivity contribution in [1.82, 2.24) is 9.55 Å². The van der Waals surface area contributed by atoms with Crippen LogP contribution in [-0.2, 0) is 25.0 Å². The lowest BCUT2D eigenvalue weighted by atomic mass is 9.59. The van der Waals surface area contributed by atoms with Gasteiger partial charge in [0.15, 0.2) is 17.3 Å². The summed E-state index contributed by atoms with van der Waals surface area (Å²) in [6.07, 6.45) is -1.05. The molecule has 5 atom stereocenters. The number of phosphoric acid groups is 1. The third-order valence-corrected chi connectivity index (χ3v) is 7.51. The molecule has 0 aliphatic carbocycles. The Bertz CT molecular complexity index is 1230. The number of hydrogen-bond donors (Lipinski definition) is 1. The van der Waals surface area contributed by atoms with Crippen molar-refractivity contribution >= 4 is 35.7 Å². The van der Waals surface area contributed by atoms with Crippen LogP contribution in [0.5, 0.6) is 11.5 Å². The molecule has 0 bridgehead atoms. The highest BCUT2D eigenvalue weighted by Gasteiger charge is 2.51. The highest BCUT2D eigenvalue weighted by Crippen LogP contribution is 2.59. The van der Waals surface area contributed by atoms with E-state index in [9.17, 15) is 13.8 Å². The van der Waals surface area contributed by atoms with Crippen LogP contribution >= 0.6 is 20.0 Å². The van der Waals surface area contributed by atoms with Crippen molar-refractivity contribution in [2.24, 2.45) is 11.8 Å². The molecule has 9 nitrogen and oxygen atoms in total. The molecule has 33 heavy (non-hydrogen) atoms. The molecule has 4 rings (SSSR count). The smallest absolute Gasteiger partial charge is 0.493 e. The van der Waals surface area contributed by atoms with Crippen LogP contribution in [0.15, 0.2) is 29.2 Å². The first-order chi connectivity index (χ1) is 15.5. The second-order valence-electron chi connectivity index (χ2n) is 8.01. The van der Waals surface area contributed by atoms with E-state index in [1.165, 1.54) is 7.11 Å². The van der Waals surface area contributed by atoms with E-state index in [0.29, 0.717) is 11.3 Å². The minimum atomic E-state index is -4.28. The van der Waals surface area contributed by atoms with Gasteiger partial charge in [-0.15, -0.1) is 0 Å². The van der Waals surface area contributed by atoms with E-state index in [1.807, 2.05) is 0 Å². The van der Waals surface area contributed by atoms with Gasteiger partial charge in [-0.1, -0.05) is 38.2 Å². The zero-order chi connectivity index (χ0) is 24.1. The van der Waals surface area contributed by atoms with Gasteiger partial charge < -0.3 is 14.0 Å². The number of benzene rings is 1. The van der Waals surface area contributed by atoms with Gasteiger partial charge in [-0.2, -0.15) is 0 Å². The Morgan fingerprint density at radius 1 is 1.33 bits per heavy atom. The molecular weight excluding hydrogens is 472 g/mol. The summed E-state index contributed by atoms with van der Waals surface area (Å²) in [5, 5.41) is -2.15. The molecule has 5 unspecified atom stereocenters. The monoisotopic (exact) mass is 492 g/mol. The number of nitrogens with zero attached hydrogens (tertiary/aromatic N) is 1. The molecule has 2 aliphatic heterocycles. The van der Waals surface area contributed by atoms with Crippen molar-refractivity contribution in [3.63, 3.8) is 0 Å². The van der Waals surface area contributed by atoms with Crippen molar-refractivity contribution in [3.05, 3.63) is 50.9 Å². The predicted molar refractivity (Wildman–Crippen MR) is 119 cm³/mol. The predicted octanol–water partition coefficient (Wildman–Crippen LogP) is 2.95. The zero-order valence-electron chi connectivity index (χ0n) is 18.0. The molecule has 1 saturated heterocycles. The van der Waals surface area contributed by atoms with Gasteiger partial charge >= 0.3 is 13.5 Å². The van der Waals surface area contributed by atoms with E-state index in [1.54, 1.807) is 32.0 Å². The number of rotatable bonds is 5. The van der Waals surface area contributed by atoms with Crippen LogP contribution in [0.3, 0.4) is 0 Å². The molecule has 2 aromatic rings.